The molecular weight excluding hydrogens is 300 g/mol. The van der Waals surface area contributed by atoms with Gasteiger partial charge in [0.05, 0.1) is 23.5 Å². The van der Waals surface area contributed by atoms with E-state index in [9.17, 15) is 0 Å². The van der Waals surface area contributed by atoms with Crippen LogP contribution in [0, 0.1) is 13.8 Å². The monoisotopic (exact) mass is 312 g/mol. The summed E-state index contributed by atoms with van der Waals surface area (Å²) in [6, 6.07) is 3.83. The van der Waals surface area contributed by atoms with Crippen molar-refractivity contribution in [3.05, 3.63) is 38.4 Å². The fourth-order valence-electron chi connectivity index (χ4n) is 1.42. The van der Waals surface area contributed by atoms with Crippen molar-refractivity contribution in [1.82, 2.24) is 9.97 Å². The second kappa shape index (κ2) is 5.60. The first kappa shape index (κ1) is 12.5. The van der Waals surface area contributed by atoms with Gasteiger partial charge in [-0.2, -0.15) is 0 Å². The number of aryl methyl sites for hydroxylation is 2. The van der Waals surface area contributed by atoms with Gasteiger partial charge >= 0.3 is 0 Å². The van der Waals surface area contributed by atoms with Gasteiger partial charge in [0, 0.05) is 21.8 Å². The molecule has 0 fully saturated rings. The molecule has 2 rings (SSSR count). The van der Waals surface area contributed by atoms with Crippen LogP contribution in [-0.4, -0.2) is 16.6 Å². The summed E-state index contributed by atoms with van der Waals surface area (Å²) in [5.41, 5.74) is 3.90. The highest BCUT2D eigenvalue weighted by molar-refractivity contribution is 9.10. The average molecular weight is 313 g/mol. The molecule has 5 heteroatoms. The number of hydrogen-bond acceptors (Lipinski definition) is 4. The van der Waals surface area contributed by atoms with E-state index in [1.807, 2.05) is 31.5 Å². The smallest absolute Gasteiger partial charge is 0.213 e. The quantitative estimate of drug-likeness (QED) is 0.866. The fraction of sp³-hybridized carbons (Fsp3) is 0.333. The molecule has 0 radical (unpaired) electrons. The van der Waals surface area contributed by atoms with Crippen LogP contribution in [0.1, 0.15) is 16.3 Å². The van der Waals surface area contributed by atoms with Gasteiger partial charge in [-0.25, -0.2) is 9.97 Å². The Bertz CT molecular complexity index is 513. The van der Waals surface area contributed by atoms with E-state index in [0.717, 1.165) is 22.3 Å². The molecule has 0 saturated carbocycles. The third kappa shape index (κ3) is 3.26. The lowest BCUT2D eigenvalue weighted by molar-refractivity contribution is 0.309. The Hall–Kier alpha value is -0.940. The molecule has 0 aliphatic carbocycles. The summed E-state index contributed by atoms with van der Waals surface area (Å²) in [7, 11) is 0. The zero-order valence-corrected chi connectivity index (χ0v) is 12.1. The Labute approximate surface area is 113 Å². The van der Waals surface area contributed by atoms with Gasteiger partial charge < -0.3 is 4.74 Å². The maximum atomic E-state index is 5.62. The second-order valence-corrected chi connectivity index (χ2v) is 5.47. The minimum absolute atomic E-state index is 0.636. The molecule has 0 unspecified atom stereocenters. The molecule has 90 valence electrons. The van der Waals surface area contributed by atoms with Crippen LogP contribution >= 0.6 is 27.3 Å². The van der Waals surface area contributed by atoms with Crippen LogP contribution < -0.4 is 4.74 Å². The summed E-state index contributed by atoms with van der Waals surface area (Å²) >= 11 is 5.09. The van der Waals surface area contributed by atoms with E-state index >= 15 is 0 Å². The average Bonchev–Trinajstić information content (AvgIpc) is 2.70. The molecule has 0 aromatic carbocycles. The maximum Gasteiger partial charge on any atom is 0.213 e. The molecule has 0 spiro atoms. The molecule has 2 heterocycles. The van der Waals surface area contributed by atoms with Gasteiger partial charge in [0.1, 0.15) is 0 Å². The minimum atomic E-state index is 0.636. The molecule has 0 amide bonds. The van der Waals surface area contributed by atoms with Crippen molar-refractivity contribution in [1.29, 1.82) is 0 Å². The normalized spacial score (nSPS) is 10.5. The van der Waals surface area contributed by atoms with Gasteiger partial charge in [0.15, 0.2) is 0 Å². The van der Waals surface area contributed by atoms with Crippen LogP contribution in [0.25, 0.3) is 0 Å². The van der Waals surface area contributed by atoms with E-state index in [-0.39, 0.29) is 0 Å². The van der Waals surface area contributed by atoms with E-state index in [1.54, 1.807) is 11.3 Å². The first-order valence-corrected chi connectivity index (χ1v) is 6.99. The first-order chi connectivity index (χ1) is 8.16. The molecule has 17 heavy (non-hydrogen) atoms. The van der Waals surface area contributed by atoms with Crippen LogP contribution in [-0.2, 0) is 6.42 Å². The van der Waals surface area contributed by atoms with Gasteiger partial charge in [-0.05, 0) is 35.8 Å². The number of rotatable bonds is 4. The highest BCUT2D eigenvalue weighted by Gasteiger charge is 2.03. The lowest BCUT2D eigenvalue weighted by Gasteiger charge is -2.06. The molecule has 0 N–H and O–H groups in total. The van der Waals surface area contributed by atoms with Crippen LogP contribution in [0.2, 0.25) is 0 Å². The minimum Gasteiger partial charge on any atom is -0.477 e. The van der Waals surface area contributed by atoms with Gasteiger partial charge in [-0.3, -0.25) is 0 Å². The Morgan fingerprint density at radius 1 is 1.29 bits per heavy atom. The number of pyridine rings is 1. The highest BCUT2D eigenvalue weighted by atomic mass is 79.9. The molecule has 2 aromatic rings. The standard InChI is InChI=1S/C12H13BrN2OS/c1-8-10(13)3-4-12(15-8)16-6-5-11-9(2)14-7-17-11/h3-4,7H,5-6H2,1-2H3. The van der Waals surface area contributed by atoms with E-state index < -0.39 is 0 Å². The largest absolute Gasteiger partial charge is 0.477 e. The maximum absolute atomic E-state index is 5.62. The van der Waals surface area contributed by atoms with Gasteiger partial charge in [0.25, 0.3) is 0 Å². The van der Waals surface area contributed by atoms with E-state index in [2.05, 4.69) is 25.9 Å². The molecule has 0 saturated heterocycles. The number of hydrogen-bond donors (Lipinski definition) is 0. The SMILES string of the molecule is Cc1nc(OCCc2scnc2C)ccc1Br. The molecular formula is C12H13BrN2OS. The van der Waals surface area contributed by atoms with Crippen molar-refractivity contribution in [3.8, 4) is 5.88 Å². The lowest BCUT2D eigenvalue weighted by Crippen LogP contribution is -2.03. The Balaban J connectivity index is 1.90. The first-order valence-electron chi connectivity index (χ1n) is 5.31. The zero-order valence-electron chi connectivity index (χ0n) is 9.74. The van der Waals surface area contributed by atoms with Crippen molar-refractivity contribution in [2.24, 2.45) is 0 Å². The molecule has 0 bridgehead atoms. The van der Waals surface area contributed by atoms with Crippen molar-refractivity contribution >= 4 is 27.3 Å². The summed E-state index contributed by atoms with van der Waals surface area (Å²) < 4.78 is 6.62. The zero-order chi connectivity index (χ0) is 12.3. The number of halogens is 1. The second-order valence-electron chi connectivity index (χ2n) is 3.68. The lowest BCUT2D eigenvalue weighted by atomic mass is 10.3. The summed E-state index contributed by atoms with van der Waals surface area (Å²) in [4.78, 5) is 9.82. The van der Waals surface area contributed by atoms with Crippen LogP contribution in [0.5, 0.6) is 5.88 Å². The number of ether oxygens (including phenoxy) is 1. The van der Waals surface area contributed by atoms with Gasteiger partial charge in [0.2, 0.25) is 5.88 Å². The molecule has 0 aliphatic heterocycles. The van der Waals surface area contributed by atoms with Crippen LogP contribution in [0.3, 0.4) is 0 Å². The van der Waals surface area contributed by atoms with Gasteiger partial charge in [-0.15, -0.1) is 11.3 Å². The summed E-state index contributed by atoms with van der Waals surface area (Å²) in [6.07, 6.45) is 0.882. The van der Waals surface area contributed by atoms with Crippen LogP contribution in [0.4, 0.5) is 0 Å². The molecule has 3 nitrogen and oxygen atoms in total. The van der Waals surface area contributed by atoms with Crippen molar-refractivity contribution in [3.63, 3.8) is 0 Å². The topological polar surface area (TPSA) is 35.0 Å². The van der Waals surface area contributed by atoms with Crippen molar-refractivity contribution in [2.75, 3.05) is 6.61 Å². The van der Waals surface area contributed by atoms with Crippen molar-refractivity contribution in [2.45, 2.75) is 20.3 Å². The number of thiazole rings is 1. The fourth-order valence-corrected chi connectivity index (χ4v) is 2.40. The predicted molar refractivity (Wildman–Crippen MR) is 72.7 cm³/mol. The van der Waals surface area contributed by atoms with Crippen molar-refractivity contribution < 1.29 is 4.74 Å². The number of nitrogens with zero attached hydrogens (tertiary/aromatic N) is 2. The van der Waals surface area contributed by atoms with E-state index in [4.69, 9.17) is 4.74 Å². The Morgan fingerprint density at radius 2 is 2.12 bits per heavy atom. The third-order valence-electron chi connectivity index (χ3n) is 2.42. The highest BCUT2D eigenvalue weighted by Crippen LogP contribution is 2.18. The Morgan fingerprint density at radius 3 is 2.76 bits per heavy atom. The third-order valence-corrected chi connectivity index (χ3v) is 4.25. The summed E-state index contributed by atoms with van der Waals surface area (Å²) in [5.74, 6) is 0.674. The molecule has 2 aromatic heterocycles. The van der Waals surface area contributed by atoms with E-state index in [0.29, 0.717) is 12.5 Å². The Kier molecular flexibility index (Phi) is 4.12. The van der Waals surface area contributed by atoms with Crippen LogP contribution in [0.15, 0.2) is 22.1 Å². The summed E-state index contributed by atoms with van der Waals surface area (Å²) in [6.45, 7) is 4.61. The predicted octanol–water partition coefficient (Wildman–Crippen LogP) is 3.54. The van der Waals surface area contributed by atoms with Gasteiger partial charge in [-0.1, -0.05) is 0 Å². The molecule has 0 aliphatic rings. The number of aromatic nitrogens is 2. The summed E-state index contributed by atoms with van der Waals surface area (Å²) in [5, 5.41) is 0. The van der Waals surface area contributed by atoms with E-state index in [1.165, 1.54) is 4.88 Å². The molecule has 0 atom stereocenters.